The Kier molecular flexibility index (Phi) is 5.52. The van der Waals surface area contributed by atoms with Crippen molar-refractivity contribution in [2.75, 3.05) is 5.32 Å². The molecule has 0 heterocycles. The van der Waals surface area contributed by atoms with Crippen LogP contribution in [0.15, 0.2) is 48.5 Å². The highest BCUT2D eigenvalue weighted by molar-refractivity contribution is 5.73. The van der Waals surface area contributed by atoms with Gasteiger partial charge in [0.2, 0.25) is 5.91 Å². The lowest BCUT2D eigenvalue weighted by molar-refractivity contribution is -0.384. The lowest BCUT2D eigenvalue weighted by Crippen LogP contribution is -2.34. The number of amides is 1. The quantitative estimate of drug-likeness (QED) is 0.640. The summed E-state index contributed by atoms with van der Waals surface area (Å²) in [7, 11) is 0. The van der Waals surface area contributed by atoms with Gasteiger partial charge in [0.1, 0.15) is 0 Å². The number of benzene rings is 2. The van der Waals surface area contributed by atoms with Crippen LogP contribution >= 0.6 is 0 Å². The van der Waals surface area contributed by atoms with Crippen LogP contribution in [0.1, 0.15) is 26.3 Å². The lowest BCUT2D eigenvalue weighted by Gasteiger charge is -2.25. The second kappa shape index (κ2) is 7.59. The van der Waals surface area contributed by atoms with Crippen molar-refractivity contribution in [2.45, 2.75) is 33.4 Å². The van der Waals surface area contributed by atoms with Gasteiger partial charge in [-0.15, -0.1) is 0 Å². The monoisotopic (exact) mass is 327 g/mol. The molecular weight excluding hydrogens is 306 g/mol. The summed E-state index contributed by atoms with van der Waals surface area (Å²) in [5.74, 6) is 0.0538. The van der Waals surface area contributed by atoms with Crippen molar-refractivity contribution >= 4 is 23.0 Å². The van der Waals surface area contributed by atoms with Crippen molar-refractivity contribution in [2.24, 2.45) is 0 Å². The molecular formula is C18H21N3O3. The number of hydrogen-bond donors (Lipinski definition) is 1. The summed E-state index contributed by atoms with van der Waals surface area (Å²) in [6, 6.07) is 14.2. The number of anilines is 2. The zero-order valence-corrected chi connectivity index (χ0v) is 14.0. The van der Waals surface area contributed by atoms with Crippen molar-refractivity contribution in [3.63, 3.8) is 0 Å². The fraction of sp³-hybridized carbons (Fsp3) is 0.278. The lowest BCUT2D eigenvalue weighted by atomic mass is 10.1. The van der Waals surface area contributed by atoms with Gasteiger partial charge >= 0.3 is 0 Å². The van der Waals surface area contributed by atoms with Crippen LogP contribution in [0.4, 0.5) is 17.1 Å². The van der Waals surface area contributed by atoms with Gasteiger partial charge in [0.25, 0.3) is 5.69 Å². The van der Waals surface area contributed by atoms with Crippen molar-refractivity contribution in [3.8, 4) is 0 Å². The van der Waals surface area contributed by atoms with Crippen LogP contribution in [-0.4, -0.2) is 21.8 Å². The Morgan fingerprint density at radius 1 is 1.08 bits per heavy atom. The summed E-state index contributed by atoms with van der Waals surface area (Å²) in [6.07, 6.45) is 0. The van der Waals surface area contributed by atoms with Crippen LogP contribution in [0.2, 0.25) is 0 Å². The number of nitrogens with zero attached hydrogens (tertiary/aromatic N) is 2. The highest BCUT2D eigenvalue weighted by Gasteiger charge is 2.12. The van der Waals surface area contributed by atoms with E-state index in [1.807, 2.05) is 38.1 Å². The van der Waals surface area contributed by atoms with E-state index in [1.165, 1.54) is 12.1 Å². The number of hydrogen-bond acceptors (Lipinski definition) is 4. The van der Waals surface area contributed by atoms with Gasteiger partial charge in [0, 0.05) is 43.0 Å². The van der Waals surface area contributed by atoms with Gasteiger partial charge in [-0.1, -0.05) is 12.1 Å². The molecule has 0 saturated heterocycles. The molecule has 2 aromatic carbocycles. The minimum atomic E-state index is -0.423. The predicted molar refractivity (Wildman–Crippen MR) is 94.2 cm³/mol. The molecule has 0 aliphatic heterocycles. The smallest absolute Gasteiger partial charge is 0.269 e. The summed E-state index contributed by atoms with van der Waals surface area (Å²) in [5, 5.41) is 13.8. The van der Waals surface area contributed by atoms with Gasteiger partial charge in [-0.2, -0.15) is 0 Å². The van der Waals surface area contributed by atoms with Crippen LogP contribution in [0.5, 0.6) is 0 Å². The molecule has 2 rings (SSSR count). The summed E-state index contributed by atoms with van der Waals surface area (Å²) >= 11 is 0. The fourth-order valence-electron chi connectivity index (χ4n) is 2.38. The van der Waals surface area contributed by atoms with E-state index in [9.17, 15) is 14.9 Å². The molecule has 6 nitrogen and oxygen atoms in total. The third-order valence-electron chi connectivity index (χ3n) is 3.70. The Balaban J connectivity index is 2.03. The van der Waals surface area contributed by atoms with E-state index in [1.54, 1.807) is 24.0 Å². The van der Waals surface area contributed by atoms with Crippen LogP contribution in [-0.2, 0) is 11.3 Å². The third kappa shape index (κ3) is 4.55. The van der Waals surface area contributed by atoms with Crippen molar-refractivity contribution in [3.05, 3.63) is 64.2 Å². The SMILES string of the molecule is CC(=O)N(Cc1ccc(Nc2ccc([N+](=O)[O-])cc2)cc1)C(C)C. The van der Waals surface area contributed by atoms with Crippen LogP contribution in [0.3, 0.4) is 0 Å². The number of nitro groups is 1. The molecule has 0 unspecified atom stereocenters. The molecule has 0 radical (unpaired) electrons. The van der Waals surface area contributed by atoms with E-state index >= 15 is 0 Å². The van der Waals surface area contributed by atoms with E-state index in [4.69, 9.17) is 0 Å². The first-order valence-corrected chi connectivity index (χ1v) is 7.74. The third-order valence-corrected chi connectivity index (χ3v) is 3.70. The first kappa shape index (κ1) is 17.5. The summed E-state index contributed by atoms with van der Waals surface area (Å²) in [4.78, 5) is 23.7. The van der Waals surface area contributed by atoms with Crippen molar-refractivity contribution in [1.82, 2.24) is 4.90 Å². The van der Waals surface area contributed by atoms with Crippen LogP contribution in [0.25, 0.3) is 0 Å². The Labute approximate surface area is 141 Å². The Morgan fingerprint density at radius 3 is 2.00 bits per heavy atom. The molecule has 0 spiro atoms. The van der Waals surface area contributed by atoms with Gasteiger partial charge in [0.15, 0.2) is 0 Å². The van der Waals surface area contributed by atoms with E-state index in [0.717, 1.165) is 16.9 Å². The molecule has 0 fully saturated rings. The molecule has 1 N–H and O–H groups in total. The molecule has 0 saturated carbocycles. The number of carbonyl (C=O) groups excluding carboxylic acids is 1. The van der Waals surface area contributed by atoms with Gasteiger partial charge < -0.3 is 10.2 Å². The molecule has 0 aromatic heterocycles. The number of carbonyl (C=O) groups is 1. The van der Waals surface area contributed by atoms with E-state index in [0.29, 0.717) is 6.54 Å². The number of rotatable bonds is 6. The second-order valence-corrected chi connectivity index (χ2v) is 5.87. The van der Waals surface area contributed by atoms with Gasteiger partial charge in [-0.25, -0.2) is 0 Å². The largest absolute Gasteiger partial charge is 0.356 e. The first-order chi connectivity index (χ1) is 11.4. The summed E-state index contributed by atoms with van der Waals surface area (Å²) < 4.78 is 0. The normalized spacial score (nSPS) is 10.5. The molecule has 0 aliphatic carbocycles. The van der Waals surface area contributed by atoms with Gasteiger partial charge in [-0.3, -0.25) is 14.9 Å². The van der Waals surface area contributed by atoms with Crippen LogP contribution < -0.4 is 5.32 Å². The topological polar surface area (TPSA) is 75.5 Å². The first-order valence-electron chi connectivity index (χ1n) is 7.74. The van der Waals surface area contributed by atoms with E-state index in [-0.39, 0.29) is 17.6 Å². The highest BCUT2D eigenvalue weighted by Crippen LogP contribution is 2.21. The van der Waals surface area contributed by atoms with E-state index in [2.05, 4.69) is 5.32 Å². The summed E-state index contributed by atoms with van der Waals surface area (Å²) in [6.45, 7) is 6.13. The maximum Gasteiger partial charge on any atom is 0.269 e. The molecule has 0 bridgehead atoms. The van der Waals surface area contributed by atoms with Gasteiger partial charge in [0.05, 0.1) is 4.92 Å². The summed E-state index contributed by atoms with van der Waals surface area (Å²) in [5.41, 5.74) is 2.77. The van der Waals surface area contributed by atoms with Crippen molar-refractivity contribution in [1.29, 1.82) is 0 Å². The van der Waals surface area contributed by atoms with Crippen LogP contribution in [0, 0.1) is 10.1 Å². The average Bonchev–Trinajstić information content (AvgIpc) is 2.54. The minimum Gasteiger partial charge on any atom is -0.356 e. The predicted octanol–water partition coefficient (Wildman–Crippen LogP) is 4.10. The molecule has 126 valence electrons. The molecule has 24 heavy (non-hydrogen) atoms. The zero-order valence-electron chi connectivity index (χ0n) is 14.0. The fourth-order valence-corrected chi connectivity index (χ4v) is 2.38. The standard InChI is InChI=1S/C18H21N3O3/c1-13(2)20(14(3)22)12-15-4-6-16(7-5-15)19-17-8-10-18(11-9-17)21(23)24/h4-11,13,19H,12H2,1-3H3. The molecule has 6 heteroatoms. The highest BCUT2D eigenvalue weighted by atomic mass is 16.6. The maximum absolute atomic E-state index is 11.6. The molecule has 0 aliphatic rings. The zero-order chi connectivity index (χ0) is 17.7. The number of nitro benzene ring substituents is 1. The Hall–Kier alpha value is -2.89. The number of nitrogens with one attached hydrogen (secondary N) is 1. The Bertz CT molecular complexity index is 709. The number of non-ortho nitro benzene ring substituents is 1. The maximum atomic E-state index is 11.6. The van der Waals surface area contributed by atoms with Crippen molar-refractivity contribution < 1.29 is 9.72 Å². The molecule has 0 atom stereocenters. The Morgan fingerprint density at radius 2 is 1.58 bits per heavy atom. The van der Waals surface area contributed by atoms with Gasteiger partial charge in [-0.05, 0) is 43.7 Å². The molecule has 2 aromatic rings. The minimum absolute atomic E-state index is 0.0538. The second-order valence-electron chi connectivity index (χ2n) is 5.87. The molecule has 1 amide bonds. The van der Waals surface area contributed by atoms with E-state index < -0.39 is 4.92 Å². The average molecular weight is 327 g/mol.